The van der Waals surface area contributed by atoms with Gasteiger partial charge in [-0.2, -0.15) is 0 Å². The first kappa shape index (κ1) is 24.3. The van der Waals surface area contributed by atoms with Crippen LogP contribution in [0.5, 0.6) is 0 Å². The van der Waals surface area contributed by atoms with Crippen LogP contribution in [0.1, 0.15) is 62.9 Å². The number of hydrogen-bond donors (Lipinski definition) is 3. The van der Waals surface area contributed by atoms with Gasteiger partial charge in [0, 0.05) is 23.4 Å². The van der Waals surface area contributed by atoms with Gasteiger partial charge in [0.25, 0.3) is 5.91 Å². The van der Waals surface area contributed by atoms with Crippen molar-refractivity contribution in [2.45, 2.75) is 64.5 Å². The van der Waals surface area contributed by atoms with Crippen LogP contribution < -0.4 is 16.0 Å². The molecule has 178 valence electrons. The van der Waals surface area contributed by atoms with Crippen molar-refractivity contribution >= 4 is 23.6 Å². The Morgan fingerprint density at radius 2 is 1.82 bits per heavy atom. The van der Waals surface area contributed by atoms with E-state index in [1.165, 1.54) is 19.6 Å². The van der Waals surface area contributed by atoms with Crippen molar-refractivity contribution in [3.05, 3.63) is 36.1 Å². The molecule has 0 radical (unpaired) electrons. The summed E-state index contributed by atoms with van der Waals surface area (Å²) in [5.74, 6) is -0.858. The number of ether oxygens (including phenoxy) is 1. The molecule has 9 heteroatoms. The highest BCUT2D eigenvalue weighted by atomic mass is 16.5. The van der Waals surface area contributed by atoms with E-state index in [0.29, 0.717) is 17.8 Å². The van der Waals surface area contributed by atoms with Gasteiger partial charge in [-0.3, -0.25) is 4.79 Å². The quantitative estimate of drug-likeness (QED) is 0.514. The minimum Gasteiger partial charge on any atom is -0.467 e. The third-order valence-corrected chi connectivity index (χ3v) is 5.61. The molecule has 0 aliphatic heterocycles. The fourth-order valence-electron chi connectivity index (χ4n) is 3.90. The number of amides is 3. The molecule has 1 atom stereocenters. The smallest absolute Gasteiger partial charge is 0.328 e. The number of esters is 1. The van der Waals surface area contributed by atoms with Crippen LogP contribution in [0.15, 0.2) is 34.9 Å². The number of methoxy groups -OCH3 is 1. The van der Waals surface area contributed by atoms with Gasteiger partial charge in [-0.05, 0) is 37.3 Å². The predicted molar refractivity (Wildman–Crippen MR) is 124 cm³/mol. The Bertz CT molecular complexity index is 948. The van der Waals surface area contributed by atoms with E-state index in [9.17, 15) is 14.4 Å². The average Bonchev–Trinajstić information content (AvgIpc) is 3.29. The van der Waals surface area contributed by atoms with E-state index in [-0.39, 0.29) is 23.8 Å². The molecule has 1 aromatic heterocycles. The number of nitrogens with one attached hydrogen (secondary N) is 3. The van der Waals surface area contributed by atoms with Crippen molar-refractivity contribution in [3.63, 3.8) is 0 Å². The Balaban J connectivity index is 1.58. The van der Waals surface area contributed by atoms with Gasteiger partial charge in [0.05, 0.1) is 7.11 Å². The number of carbonyl (C=O) groups is 3. The maximum Gasteiger partial charge on any atom is 0.328 e. The van der Waals surface area contributed by atoms with Crippen LogP contribution in [0.2, 0.25) is 0 Å². The molecule has 1 aliphatic carbocycles. The van der Waals surface area contributed by atoms with Gasteiger partial charge in [0.1, 0.15) is 11.7 Å². The summed E-state index contributed by atoms with van der Waals surface area (Å²) < 4.78 is 9.96. The highest BCUT2D eigenvalue weighted by molar-refractivity contribution is 5.95. The Morgan fingerprint density at radius 3 is 2.45 bits per heavy atom. The Labute approximate surface area is 193 Å². The molecule has 3 amide bonds. The highest BCUT2D eigenvalue weighted by Gasteiger charge is 2.25. The molecule has 1 saturated carbocycles. The molecule has 1 unspecified atom stereocenters. The number of hydrogen-bond acceptors (Lipinski definition) is 6. The lowest BCUT2D eigenvalue weighted by Gasteiger charge is -2.22. The number of aromatic nitrogens is 1. The van der Waals surface area contributed by atoms with E-state index in [2.05, 4.69) is 21.1 Å². The largest absolute Gasteiger partial charge is 0.467 e. The maximum atomic E-state index is 12.5. The molecule has 0 spiro atoms. The van der Waals surface area contributed by atoms with Crippen LogP contribution in [0.25, 0.3) is 11.3 Å². The van der Waals surface area contributed by atoms with Crippen LogP contribution in [0, 0.1) is 5.92 Å². The molecule has 3 N–H and O–H groups in total. The van der Waals surface area contributed by atoms with Crippen LogP contribution in [-0.4, -0.2) is 42.3 Å². The molecule has 1 heterocycles. The summed E-state index contributed by atoms with van der Waals surface area (Å²) in [6.45, 7) is 3.90. The average molecular weight is 457 g/mol. The second-order valence-corrected chi connectivity index (χ2v) is 8.77. The first-order valence-electron chi connectivity index (χ1n) is 11.4. The third kappa shape index (κ3) is 7.06. The van der Waals surface area contributed by atoms with E-state index < -0.39 is 17.9 Å². The van der Waals surface area contributed by atoms with E-state index in [1.807, 2.05) is 13.8 Å². The Morgan fingerprint density at radius 1 is 1.12 bits per heavy atom. The number of benzene rings is 1. The SMILES string of the molecule is COC(=O)C(CC(C)C)NC(=O)c1cc(-c2ccc(NC(=O)NC3CCCCC3)cc2)no1. The van der Waals surface area contributed by atoms with Crippen molar-refractivity contribution in [3.8, 4) is 11.3 Å². The number of urea groups is 1. The summed E-state index contributed by atoms with van der Waals surface area (Å²) in [6.07, 6.45) is 6.02. The lowest BCUT2D eigenvalue weighted by Crippen LogP contribution is -2.42. The lowest BCUT2D eigenvalue weighted by molar-refractivity contribution is -0.143. The molecule has 0 saturated heterocycles. The standard InChI is InChI=1S/C24H32N4O5/c1-15(2)13-20(23(30)32-3)27-22(29)21-14-19(28-33-21)16-9-11-18(12-10-16)26-24(31)25-17-7-5-4-6-8-17/h9-12,14-15,17,20H,4-8,13H2,1-3H3,(H,27,29)(H2,25,26,31). The highest BCUT2D eigenvalue weighted by Crippen LogP contribution is 2.22. The molecule has 2 aromatic rings. The fraction of sp³-hybridized carbons (Fsp3) is 0.500. The zero-order chi connectivity index (χ0) is 23.8. The Kier molecular flexibility index (Phi) is 8.46. The molecule has 33 heavy (non-hydrogen) atoms. The van der Waals surface area contributed by atoms with E-state index in [4.69, 9.17) is 9.26 Å². The third-order valence-electron chi connectivity index (χ3n) is 5.61. The zero-order valence-corrected chi connectivity index (χ0v) is 19.3. The number of anilines is 1. The molecule has 0 bridgehead atoms. The van der Waals surface area contributed by atoms with E-state index in [0.717, 1.165) is 31.2 Å². The van der Waals surface area contributed by atoms with E-state index >= 15 is 0 Å². The topological polar surface area (TPSA) is 123 Å². The predicted octanol–water partition coefficient (Wildman–Crippen LogP) is 4.11. The second-order valence-electron chi connectivity index (χ2n) is 8.77. The van der Waals surface area contributed by atoms with Crippen LogP contribution >= 0.6 is 0 Å². The molecule has 1 aliphatic rings. The summed E-state index contributed by atoms with van der Waals surface area (Å²) >= 11 is 0. The maximum absolute atomic E-state index is 12.5. The minimum absolute atomic E-state index is 0.00304. The number of rotatable bonds is 8. The summed E-state index contributed by atoms with van der Waals surface area (Å²) in [4.78, 5) is 36.7. The van der Waals surface area contributed by atoms with Gasteiger partial charge in [-0.1, -0.05) is 50.4 Å². The van der Waals surface area contributed by atoms with Gasteiger partial charge < -0.3 is 25.2 Å². The first-order chi connectivity index (χ1) is 15.9. The van der Waals surface area contributed by atoms with Gasteiger partial charge >= 0.3 is 12.0 Å². The molecular weight excluding hydrogens is 424 g/mol. The van der Waals surface area contributed by atoms with Crippen molar-refractivity contribution < 1.29 is 23.6 Å². The summed E-state index contributed by atoms with van der Waals surface area (Å²) in [6, 6.07) is 7.87. The Hall–Kier alpha value is -3.36. The van der Waals surface area contributed by atoms with Crippen LogP contribution in [-0.2, 0) is 9.53 Å². The normalized spacial score (nSPS) is 15.0. The monoisotopic (exact) mass is 456 g/mol. The molecule has 1 aromatic carbocycles. The molecule has 1 fully saturated rings. The van der Waals surface area contributed by atoms with Gasteiger partial charge in [0.15, 0.2) is 0 Å². The second kappa shape index (κ2) is 11.5. The minimum atomic E-state index is -0.763. The zero-order valence-electron chi connectivity index (χ0n) is 19.3. The van der Waals surface area contributed by atoms with Gasteiger partial charge in [0.2, 0.25) is 5.76 Å². The summed E-state index contributed by atoms with van der Waals surface area (Å²) in [5.41, 5.74) is 1.85. The summed E-state index contributed by atoms with van der Waals surface area (Å²) in [5, 5.41) is 12.5. The molecule has 3 rings (SSSR count). The van der Waals surface area contributed by atoms with Crippen LogP contribution in [0.4, 0.5) is 10.5 Å². The van der Waals surface area contributed by atoms with Gasteiger partial charge in [-0.15, -0.1) is 0 Å². The summed E-state index contributed by atoms with van der Waals surface area (Å²) in [7, 11) is 1.28. The van der Waals surface area contributed by atoms with Crippen molar-refractivity contribution in [1.82, 2.24) is 15.8 Å². The number of carbonyl (C=O) groups excluding carboxylic acids is 3. The van der Waals surface area contributed by atoms with Gasteiger partial charge in [-0.25, -0.2) is 9.59 Å². The lowest BCUT2D eigenvalue weighted by atomic mass is 9.96. The van der Waals surface area contributed by atoms with Crippen molar-refractivity contribution in [2.75, 3.05) is 12.4 Å². The van der Waals surface area contributed by atoms with E-state index in [1.54, 1.807) is 24.3 Å². The molecule has 9 nitrogen and oxygen atoms in total. The number of nitrogens with zero attached hydrogens (tertiary/aromatic N) is 1. The van der Waals surface area contributed by atoms with Crippen molar-refractivity contribution in [2.24, 2.45) is 5.92 Å². The fourth-order valence-corrected chi connectivity index (χ4v) is 3.90. The van der Waals surface area contributed by atoms with Crippen LogP contribution in [0.3, 0.4) is 0 Å². The molecular formula is C24H32N4O5. The van der Waals surface area contributed by atoms with Crippen molar-refractivity contribution in [1.29, 1.82) is 0 Å². The first-order valence-corrected chi connectivity index (χ1v) is 11.4.